The van der Waals surface area contributed by atoms with E-state index in [1.54, 1.807) is 0 Å². The third-order valence-corrected chi connectivity index (χ3v) is 5.00. The second-order valence-corrected chi connectivity index (χ2v) is 6.43. The first-order valence-corrected chi connectivity index (χ1v) is 8.29. The molecule has 2 unspecified atom stereocenters. The van der Waals surface area contributed by atoms with Crippen molar-refractivity contribution in [2.24, 2.45) is 5.92 Å². The highest BCUT2D eigenvalue weighted by atomic mass is 35.5. The number of hydrogen-bond acceptors (Lipinski definition) is 3. The molecule has 2 aliphatic rings. The summed E-state index contributed by atoms with van der Waals surface area (Å²) in [6, 6.07) is 2.75. The van der Waals surface area contributed by atoms with Crippen molar-refractivity contribution in [1.82, 2.24) is 10.3 Å². The van der Waals surface area contributed by atoms with Gasteiger partial charge in [-0.25, -0.2) is 4.98 Å². The maximum atomic E-state index is 6.50. The number of hydrogen-bond donors (Lipinski definition) is 1. The van der Waals surface area contributed by atoms with Crippen LogP contribution in [-0.2, 0) is 6.54 Å². The summed E-state index contributed by atoms with van der Waals surface area (Å²) >= 11 is 6.50. The van der Waals surface area contributed by atoms with Gasteiger partial charge in [0, 0.05) is 25.3 Å². The van der Waals surface area contributed by atoms with Crippen molar-refractivity contribution in [2.75, 3.05) is 18.0 Å². The van der Waals surface area contributed by atoms with Gasteiger partial charge >= 0.3 is 0 Å². The molecule has 1 N–H and O–H groups in total. The molecule has 2 heterocycles. The van der Waals surface area contributed by atoms with Crippen molar-refractivity contribution in [1.29, 1.82) is 0 Å². The number of pyridine rings is 1. The van der Waals surface area contributed by atoms with Crippen LogP contribution in [0.1, 0.15) is 44.6 Å². The predicted octanol–water partition coefficient (Wildman–Crippen LogP) is 3.61. The zero-order chi connectivity index (χ0) is 13.9. The van der Waals surface area contributed by atoms with E-state index < -0.39 is 0 Å². The lowest BCUT2D eigenvalue weighted by molar-refractivity contribution is 0.360. The fourth-order valence-corrected chi connectivity index (χ4v) is 4.06. The van der Waals surface area contributed by atoms with Gasteiger partial charge in [-0.05, 0) is 49.8 Å². The Morgan fingerprint density at radius 2 is 2.20 bits per heavy atom. The summed E-state index contributed by atoms with van der Waals surface area (Å²) in [6.45, 7) is 5.03. The lowest BCUT2D eigenvalue weighted by atomic mass is 9.92. The highest BCUT2D eigenvalue weighted by molar-refractivity contribution is 6.33. The van der Waals surface area contributed by atoms with E-state index in [1.807, 2.05) is 6.20 Å². The number of nitrogens with zero attached hydrogens (tertiary/aromatic N) is 2. The maximum absolute atomic E-state index is 6.50. The number of piperidine rings is 1. The van der Waals surface area contributed by atoms with Crippen LogP contribution in [0.3, 0.4) is 0 Å². The molecule has 0 bridgehead atoms. The van der Waals surface area contributed by atoms with Crippen molar-refractivity contribution < 1.29 is 0 Å². The molecule has 0 radical (unpaired) electrons. The molecule has 1 saturated carbocycles. The molecule has 1 aliphatic carbocycles. The molecule has 1 aromatic rings. The van der Waals surface area contributed by atoms with Crippen LogP contribution in [0.2, 0.25) is 5.02 Å². The Morgan fingerprint density at radius 3 is 3.00 bits per heavy atom. The highest BCUT2D eigenvalue weighted by Crippen LogP contribution is 2.40. The smallest absolute Gasteiger partial charge is 0.147 e. The third kappa shape index (κ3) is 2.79. The summed E-state index contributed by atoms with van der Waals surface area (Å²) in [5.74, 6) is 1.87. The average molecular weight is 294 g/mol. The summed E-state index contributed by atoms with van der Waals surface area (Å²) in [5, 5.41) is 4.13. The Kier molecular flexibility index (Phi) is 4.47. The molecule has 0 spiro atoms. The van der Waals surface area contributed by atoms with Crippen LogP contribution in [-0.4, -0.2) is 24.1 Å². The van der Waals surface area contributed by atoms with E-state index >= 15 is 0 Å². The fraction of sp³-hybridized carbons (Fsp3) is 0.688. The molecule has 4 heteroatoms. The monoisotopic (exact) mass is 293 g/mol. The van der Waals surface area contributed by atoms with Gasteiger partial charge in [0.05, 0.1) is 5.02 Å². The predicted molar refractivity (Wildman–Crippen MR) is 84.3 cm³/mol. The van der Waals surface area contributed by atoms with Crippen LogP contribution >= 0.6 is 11.6 Å². The van der Waals surface area contributed by atoms with Crippen LogP contribution in [0.25, 0.3) is 0 Å². The Morgan fingerprint density at radius 1 is 1.35 bits per heavy atom. The molecule has 2 fully saturated rings. The molecule has 2 atom stereocenters. The zero-order valence-corrected chi connectivity index (χ0v) is 13.0. The van der Waals surface area contributed by atoms with Gasteiger partial charge in [-0.2, -0.15) is 0 Å². The SMILES string of the molecule is CCNCc1cnc(N2CCCC3CCCC32)c(Cl)c1. The van der Waals surface area contributed by atoms with E-state index in [-0.39, 0.29) is 0 Å². The summed E-state index contributed by atoms with van der Waals surface area (Å²) < 4.78 is 0. The number of fused-ring (bicyclic) bond motifs is 1. The third-order valence-electron chi connectivity index (χ3n) is 4.72. The first-order chi connectivity index (χ1) is 9.79. The van der Waals surface area contributed by atoms with Gasteiger partial charge in [-0.3, -0.25) is 0 Å². The molecule has 3 rings (SSSR count). The van der Waals surface area contributed by atoms with Crippen LogP contribution < -0.4 is 10.2 Å². The molecule has 3 nitrogen and oxygen atoms in total. The summed E-state index contributed by atoms with van der Waals surface area (Å²) in [5.41, 5.74) is 1.17. The molecular formula is C16H24ClN3. The van der Waals surface area contributed by atoms with Gasteiger partial charge in [-0.15, -0.1) is 0 Å². The first kappa shape index (κ1) is 14.2. The minimum atomic E-state index is 0.674. The van der Waals surface area contributed by atoms with E-state index in [9.17, 15) is 0 Å². The van der Waals surface area contributed by atoms with E-state index in [0.717, 1.165) is 36.4 Å². The number of nitrogens with one attached hydrogen (secondary N) is 1. The first-order valence-electron chi connectivity index (χ1n) is 7.91. The summed E-state index contributed by atoms with van der Waals surface area (Å²) in [4.78, 5) is 7.14. The van der Waals surface area contributed by atoms with Gasteiger partial charge < -0.3 is 10.2 Å². The molecule has 20 heavy (non-hydrogen) atoms. The quantitative estimate of drug-likeness (QED) is 0.919. The van der Waals surface area contributed by atoms with Crippen molar-refractivity contribution >= 4 is 17.4 Å². The average Bonchev–Trinajstić information content (AvgIpc) is 2.94. The van der Waals surface area contributed by atoms with Crippen LogP contribution in [0, 0.1) is 5.92 Å². The molecule has 0 aromatic carbocycles. The van der Waals surface area contributed by atoms with Crippen LogP contribution in [0.15, 0.2) is 12.3 Å². The molecule has 1 aliphatic heterocycles. The number of aromatic nitrogens is 1. The molecule has 110 valence electrons. The molecule has 1 saturated heterocycles. The Labute approximate surface area is 126 Å². The standard InChI is InChI=1S/C16H24ClN3/c1-2-18-10-12-9-14(17)16(19-11-12)20-8-4-6-13-5-3-7-15(13)20/h9,11,13,15,18H,2-8,10H2,1H3. The summed E-state index contributed by atoms with van der Waals surface area (Å²) in [7, 11) is 0. The molecule has 1 aromatic heterocycles. The number of halogens is 1. The number of anilines is 1. The fourth-order valence-electron chi connectivity index (χ4n) is 3.76. The Hall–Kier alpha value is -0.800. The highest BCUT2D eigenvalue weighted by Gasteiger charge is 2.36. The lowest BCUT2D eigenvalue weighted by Crippen LogP contribution is -2.43. The van der Waals surface area contributed by atoms with E-state index in [4.69, 9.17) is 11.6 Å². The second kappa shape index (κ2) is 6.31. The Bertz CT molecular complexity index is 463. The maximum Gasteiger partial charge on any atom is 0.147 e. The second-order valence-electron chi connectivity index (χ2n) is 6.02. The summed E-state index contributed by atoms with van der Waals surface area (Å²) in [6.07, 6.45) is 8.69. The van der Waals surface area contributed by atoms with Crippen molar-refractivity contribution in [2.45, 2.75) is 51.6 Å². The minimum absolute atomic E-state index is 0.674. The van der Waals surface area contributed by atoms with Gasteiger partial charge in [0.1, 0.15) is 5.82 Å². The molecular weight excluding hydrogens is 270 g/mol. The Balaban J connectivity index is 1.79. The molecule has 0 amide bonds. The van der Waals surface area contributed by atoms with E-state index in [2.05, 4.69) is 28.2 Å². The van der Waals surface area contributed by atoms with Crippen molar-refractivity contribution in [3.8, 4) is 0 Å². The largest absolute Gasteiger partial charge is 0.352 e. The van der Waals surface area contributed by atoms with Crippen molar-refractivity contribution in [3.05, 3.63) is 22.8 Å². The van der Waals surface area contributed by atoms with E-state index in [1.165, 1.54) is 37.7 Å². The minimum Gasteiger partial charge on any atom is -0.352 e. The zero-order valence-electron chi connectivity index (χ0n) is 12.2. The lowest BCUT2D eigenvalue weighted by Gasteiger charge is -2.39. The van der Waals surface area contributed by atoms with Gasteiger partial charge in [0.15, 0.2) is 0 Å². The van der Waals surface area contributed by atoms with Gasteiger partial charge in [-0.1, -0.05) is 24.9 Å². The van der Waals surface area contributed by atoms with E-state index in [0.29, 0.717) is 6.04 Å². The van der Waals surface area contributed by atoms with Gasteiger partial charge in [0.25, 0.3) is 0 Å². The number of rotatable bonds is 4. The topological polar surface area (TPSA) is 28.2 Å². The normalized spacial score (nSPS) is 25.8. The van der Waals surface area contributed by atoms with Crippen LogP contribution in [0.4, 0.5) is 5.82 Å². The van der Waals surface area contributed by atoms with Crippen LogP contribution in [0.5, 0.6) is 0 Å². The van der Waals surface area contributed by atoms with Crippen molar-refractivity contribution in [3.63, 3.8) is 0 Å². The van der Waals surface area contributed by atoms with Gasteiger partial charge in [0.2, 0.25) is 0 Å².